The summed E-state index contributed by atoms with van der Waals surface area (Å²) in [5, 5.41) is 0. The maximum atomic E-state index is 2.88. The number of hydrogen-bond donors (Lipinski definition) is 0. The summed E-state index contributed by atoms with van der Waals surface area (Å²) < 4.78 is 0. The van der Waals surface area contributed by atoms with E-state index in [9.17, 15) is 0 Å². The van der Waals surface area contributed by atoms with Crippen LogP contribution in [0.3, 0.4) is 0 Å². The van der Waals surface area contributed by atoms with Crippen LogP contribution in [0.15, 0.2) is 30.3 Å². The van der Waals surface area contributed by atoms with Gasteiger partial charge in [-0.1, -0.05) is 0 Å². The molecule has 0 bridgehead atoms. The van der Waals surface area contributed by atoms with Crippen molar-refractivity contribution in [2.45, 2.75) is 99.9 Å². The number of rotatable bonds is 4. The van der Waals surface area contributed by atoms with Gasteiger partial charge >= 0.3 is 151 Å². The van der Waals surface area contributed by atoms with Crippen molar-refractivity contribution < 1.29 is 0 Å². The van der Waals surface area contributed by atoms with Crippen LogP contribution in [0.1, 0.15) is 88.5 Å². The summed E-state index contributed by atoms with van der Waals surface area (Å²) in [4.78, 5) is 0. The van der Waals surface area contributed by atoms with Gasteiger partial charge in [-0.05, 0) is 0 Å². The third-order valence-electron chi connectivity index (χ3n) is 8.35. The van der Waals surface area contributed by atoms with Crippen molar-refractivity contribution in [3.05, 3.63) is 35.9 Å². The Labute approximate surface area is 150 Å². The Hall–Kier alpha value is -0.285. The molecule has 0 N–H and O–H groups in total. The van der Waals surface area contributed by atoms with E-state index in [0.29, 0.717) is 0 Å². The number of benzene rings is 1. The van der Waals surface area contributed by atoms with Crippen molar-refractivity contribution in [3.8, 4) is 0 Å². The van der Waals surface area contributed by atoms with Crippen LogP contribution in [0.2, 0.25) is 0 Å². The first-order valence-corrected chi connectivity index (χ1v) is 13.6. The Morgan fingerprint density at radius 2 is 1.08 bits per heavy atom. The van der Waals surface area contributed by atoms with E-state index in [4.69, 9.17) is 0 Å². The number of hydrogen-bond acceptors (Lipinski definition) is 0. The Kier molecular flexibility index (Phi) is 5.38. The summed E-state index contributed by atoms with van der Waals surface area (Å²) in [5.74, 6) is 0.854. The molecule has 132 valence electrons. The summed E-state index contributed by atoms with van der Waals surface area (Å²) in [7, 11) is 1.77. The van der Waals surface area contributed by atoms with Gasteiger partial charge in [-0.15, -0.1) is 0 Å². The van der Waals surface area contributed by atoms with Gasteiger partial charge in [0.25, 0.3) is 0 Å². The molecule has 0 aliphatic heterocycles. The topological polar surface area (TPSA) is 0 Å². The van der Waals surface area contributed by atoms with Gasteiger partial charge in [0.2, 0.25) is 0 Å². The van der Waals surface area contributed by atoms with Crippen molar-refractivity contribution in [3.63, 3.8) is 0 Å². The van der Waals surface area contributed by atoms with Gasteiger partial charge < -0.3 is 0 Å². The maximum absolute atomic E-state index is 2.88. The molecule has 0 heterocycles. The summed E-state index contributed by atoms with van der Waals surface area (Å²) in [6.45, 7) is 0. The molecular formula is C22H36BP. The van der Waals surface area contributed by atoms with Crippen LogP contribution in [0.4, 0.5) is 0 Å². The predicted octanol–water partition coefficient (Wildman–Crippen LogP) is 5.90. The predicted molar refractivity (Wildman–Crippen MR) is 113 cm³/mol. The minimum absolute atomic E-state index is 0.854. The zero-order chi connectivity index (χ0) is 16.4. The first kappa shape index (κ1) is 17.1. The van der Waals surface area contributed by atoms with E-state index in [0.717, 1.165) is 11.6 Å². The summed E-state index contributed by atoms with van der Waals surface area (Å²) >= 11 is 0. The van der Waals surface area contributed by atoms with Gasteiger partial charge in [0, 0.05) is 0 Å². The van der Waals surface area contributed by atoms with Crippen molar-refractivity contribution >= 4 is 14.7 Å². The second kappa shape index (κ2) is 7.53. The van der Waals surface area contributed by atoms with Gasteiger partial charge in [0.1, 0.15) is 0 Å². The van der Waals surface area contributed by atoms with Gasteiger partial charge in [-0.3, -0.25) is 0 Å². The van der Waals surface area contributed by atoms with E-state index in [-0.39, 0.29) is 0 Å². The molecule has 3 saturated carbocycles. The molecule has 0 amide bonds. The molecule has 2 heteroatoms. The molecule has 0 radical (unpaired) electrons. The average Bonchev–Trinajstić information content (AvgIpc) is 3.36. The quantitative estimate of drug-likeness (QED) is 0.472. The molecule has 0 nitrogen and oxygen atoms in total. The SMILES string of the molecule is B[PH](C1CCCC1)(C1CCCC1)C1CCC(c2ccccc2)CC1. The molecule has 1 aromatic rings. The monoisotopic (exact) mass is 342 g/mol. The van der Waals surface area contributed by atoms with Crippen molar-refractivity contribution in [1.82, 2.24) is 0 Å². The molecule has 3 aliphatic carbocycles. The standard InChI is InChI=1S/C22H36BP/c23-24(20-10-4-5-11-20,21-12-6-7-13-21)22-16-14-19(15-17-22)18-8-2-1-3-9-18/h1-3,8-9,19-22,24H,4-7,10-17,23H2. The molecule has 0 spiro atoms. The summed E-state index contributed by atoms with van der Waals surface area (Å²) in [6, 6.07) is 11.4. The van der Waals surface area contributed by atoms with E-state index in [2.05, 4.69) is 37.9 Å². The zero-order valence-electron chi connectivity index (χ0n) is 15.7. The van der Waals surface area contributed by atoms with Crippen LogP contribution in [-0.4, -0.2) is 24.5 Å². The molecule has 3 aliphatic rings. The van der Waals surface area contributed by atoms with Crippen LogP contribution in [0, 0.1) is 0 Å². The zero-order valence-corrected chi connectivity index (χ0v) is 16.7. The fourth-order valence-electron chi connectivity index (χ4n) is 6.87. The van der Waals surface area contributed by atoms with E-state index >= 15 is 0 Å². The summed E-state index contributed by atoms with van der Waals surface area (Å²) in [6.07, 6.45) is 18.6. The van der Waals surface area contributed by atoms with Gasteiger partial charge in [-0.25, -0.2) is 0 Å². The Morgan fingerprint density at radius 1 is 0.625 bits per heavy atom. The fraction of sp³-hybridized carbons (Fsp3) is 0.727. The van der Waals surface area contributed by atoms with E-state index in [1.807, 2.05) is 0 Å². The molecule has 24 heavy (non-hydrogen) atoms. The first-order valence-electron chi connectivity index (χ1n) is 10.8. The van der Waals surface area contributed by atoms with E-state index in [1.54, 1.807) is 69.8 Å². The van der Waals surface area contributed by atoms with Gasteiger partial charge in [0.15, 0.2) is 0 Å². The van der Waals surface area contributed by atoms with Gasteiger partial charge in [-0.2, -0.15) is 0 Å². The third kappa shape index (κ3) is 3.23. The van der Waals surface area contributed by atoms with Crippen LogP contribution in [0.5, 0.6) is 0 Å². The van der Waals surface area contributed by atoms with Crippen LogP contribution < -0.4 is 0 Å². The molecule has 0 aromatic heterocycles. The molecular weight excluding hydrogens is 306 g/mol. The van der Waals surface area contributed by atoms with Gasteiger partial charge in [0.05, 0.1) is 0 Å². The Balaban J connectivity index is 1.48. The third-order valence-corrected chi connectivity index (χ3v) is 15.4. The first-order chi connectivity index (χ1) is 11.8. The average molecular weight is 342 g/mol. The summed E-state index contributed by atoms with van der Waals surface area (Å²) in [5.41, 5.74) is 5.11. The molecule has 3 fully saturated rings. The Bertz CT molecular complexity index is 492. The molecule has 4 rings (SSSR count). The van der Waals surface area contributed by atoms with E-state index < -0.39 is 7.14 Å². The molecule has 0 unspecified atom stereocenters. The van der Waals surface area contributed by atoms with Crippen molar-refractivity contribution in [2.24, 2.45) is 0 Å². The van der Waals surface area contributed by atoms with E-state index in [1.165, 1.54) is 24.2 Å². The minimum atomic E-state index is -1.11. The second-order valence-electron chi connectivity index (χ2n) is 9.29. The van der Waals surface area contributed by atoms with Crippen molar-refractivity contribution in [1.29, 1.82) is 0 Å². The molecule has 1 aromatic carbocycles. The molecule has 0 saturated heterocycles. The normalized spacial score (nSPS) is 30.7. The second-order valence-corrected chi connectivity index (χ2v) is 14.5. The van der Waals surface area contributed by atoms with Crippen LogP contribution >= 0.6 is 7.14 Å². The van der Waals surface area contributed by atoms with Crippen molar-refractivity contribution in [2.75, 3.05) is 0 Å². The van der Waals surface area contributed by atoms with Crippen LogP contribution in [-0.2, 0) is 0 Å². The Morgan fingerprint density at radius 3 is 1.58 bits per heavy atom. The molecule has 0 atom stereocenters. The van der Waals surface area contributed by atoms with Crippen LogP contribution in [0.25, 0.3) is 0 Å². The fourth-order valence-corrected chi connectivity index (χ4v) is 13.8.